The van der Waals surface area contributed by atoms with Gasteiger partial charge in [0.25, 0.3) is 11.8 Å². The Morgan fingerprint density at radius 3 is 2.19 bits per heavy atom. The third-order valence-corrected chi connectivity index (χ3v) is 8.45. The topological polar surface area (TPSA) is 164 Å². The number of benzene rings is 2. The van der Waals surface area contributed by atoms with Crippen LogP contribution >= 0.6 is 11.6 Å². The Bertz CT molecular complexity index is 1790. The van der Waals surface area contributed by atoms with Crippen LogP contribution in [0.15, 0.2) is 70.6 Å². The molecule has 0 atom stereocenters. The Labute approximate surface area is 249 Å². The van der Waals surface area contributed by atoms with Gasteiger partial charge in [0, 0.05) is 30.7 Å². The van der Waals surface area contributed by atoms with E-state index in [-0.39, 0.29) is 33.3 Å². The molecule has 10 nitrogen and oxygen atoms in total. The standard InChI is InChI=1S/C26H25ClN4O4S.C2HF3O2/c1-15(2)20-22(30-23(25(28)32)24(20)36(34,35)17-8-5-4-6-9-17)26(33)31(3)14-16-11-12-19-18(21(16)27)10-7-13-29-19;3-2(4,5)1(6)7/h4-13,15,30H,14H2,1-3H3,(H2,28,32);(H,6,7). The van der Waals surface area contributed by atoms with Gasteiger partial charge in [0.05, 0.1) is 15.4 Å². The number of nitrogens with one attached hydrogen (secondary N) is 1. The second kappa shape index (κ2) is 12.8. The number of carboxylic acid groups (broad SMARTS) is 1. The zero-order valence-corrected chi connectivity index (χ0v) is 24.5. The number of pyridine rings is 1. The van der Waals surface area contributed by atoms with Crippen LogP contribution in [0.1, 0.15) is 51.9 Å². The number of primary amides is 1. The summed E-state index contributed by atoms with van der Waals surface area (Å²) in [6.07, 6.45) is -3.41. The molecule has 0 radical (unpaired) electrons. The van der Waals surface area contributed by atoms with Gasteiger partial charge in [-0.1, -0.05) is 49.7 Å². The molecule has 0 aliphatic carbocycles. The van der Waals surface area contributed by atoms with E-state index in [2.05, 4.69) is 9.97 Å². The quantitative estimate of drug-likeness (QED) is 0.251. The summed E-state index contributed by atoms with van der Waals surface area (Å²) < 4.78 is 58.9. The summed E-state index contributed by atoms with van der Waals surface area (Å²) in [7, 11) is -2.57. The summed E-state index contributed by atoms with van der Waals surface area (Å²) >= 11 is 6.59. The molecular weight excluding hydrogens is 613 g/mol. The van der Waals surface area contributed by atoms with Crippen molar-refractivity contribution in [3.05, 3.63) is 88.3 Å². The number of carboxylic acids is 1. The van der Waals surface area contributed by atoms with Crippen LogP contribution in [0, 0.1) is 0 Å². The average Bonchev–Trinajstić information content (AvgIpc) is 3.37. The van der Waals surface area contributed by atoms with Crippen molar-refractivity contribution in [2.75, 3.05) is 7.05 Å². The largest absolute Gasteiger partial charge is 0.490 e. The van der Waals surface area contributed by atoms with E-state index in [1.807, 2.05) is 12.1 Å². The number of carbonyl (C=O) groups is 3. The maximum Gasteiger partial charge on any atom is 0.490 e. The highest BCUT2D eigenvalue weighted by molar-refractivity contribution is 7.91. The molecule has 4 N–H and O–H groups in total. The molecule has 0 fully saturated rings. The number of H-pyrrole nitrogens is 1. The van der Waals surface area contributed by atoms with E-state index in [4.69, 9.17) is 27.2 Å². The average molecular weight is 639 g/mol. The predicted molar refractivity (Wildman–Crippen MR) is 152 cm³/mol. The maximum absolute atomic E-state index is 13.6. The van der Waals surface area contributed by atoms with Gasteiger partial charge in [-0.15, -0.1) is 0 Å². The van der Waals surface area contributed by atoms with Crippen LogP contribution in [-0.4, -0.2) is 59.4 Å². The molecule has 2 heterocycles. The molecule has 0 bridgehead atoms. The van der Waals surface area contributed by atoms with Gasteiger partial charge in [0.1, 0.15) is 16.3 Å². The Kier molecular flexibility index (Phi) is 9.87. The number of aromatic nitrogens is 2. The number of halogens is 4. The number of aromatic amines is 1. The van der Waals surface area contributed by atoms with Crippen LogP contribution in [0.4, 0.5) is 13.2 Å². The summed E-state index contributed by atoms with van der Waals surface area (Å²) in [6.45, 7) is 3.65. The van der Waals surface area contributed by atoms with Gasteiger partial charge in [0.15, 0.2) is 0 Å². The molecule has 0 aliphatic heterocycles. The fourth-order valence-electron chi connectivity index (χ4n) is 4.19. The SMILES string of the molecule is CC(C)c1c(C(=O)N(C)Cc2ccc3ncccc3c2Cl)[nH]c(C(N)=O)c1S(=O)(=O)c1ccccc1.O=C(O)C(F)(F)F. The van der Waals surface area contributed by atoms with Gasteiger partial charge < -0.3 is 20.7 Å². The first-order chi connectivity index (χ1) is 20.0. The summed E-state index contributed by atoms with van der Waals surface area (Å²) in [4.78, 5) is 42.9. The Hall–Kier alpha value is -4.43. The molecule has 15 heteroatoms. The third kappa shape index (κ3) is 7.14. The molecule has 0 unspecified atom stereocenters. The monoisotopic (exact) mass is 638 g/mol. The van der Waals surface area contributed by atoms with Gasteiger partial charge in [-0.2, -0.15) is 13.2 Å². The molecule has 228 valence electrons. The minimum atomic E-state index is -5.08. The Morgan fingerprint density at radius 2 is 1.65 bits per heavy atom. The highest BCUT2D eigenvalue weighted by atomic mass is 35.5. The van der Waals surface area contributed by atoms with E-state index in [1.165, 1.54) is 17.0 Å². The minimum absolute atomic E-state index is 0.00249. The van der Waals surface area contributed by atoms with Gasteiger partial charge in [-0.3, -0.25) is 14.6 Å². The number of hydrogen-bond donors (Lipinski definition) is 3. The second-order valence-electron chi connectivity index (χ2n) is 9.53. The molecule has 4 aromatic rings. The summed E-state index contributed by atoms with van der Waals surface area (Å²) in [5.74, 6) is -4.64. The fraction of sp³-hybridized carbons (Fsp3) is 0.214. The van der Waals surface area contributed by atoms with Crippen LogP contribution in [0.25, 0.3) is 10.9 Å². The van der Waals surface area contributed by atoms with Crippen LogP contribution in [0.3, 0.4) is 0 Å². The van der Waals surface area contributed by atoms with Crippen molar-refractivity contribution in [2.24, 2.45) is 5.73 Å². The van der Waals surface area contributed by atoms with Crippen molar-refractivity contribution in [1.29, 1.82) is 0 Å². The van der Waals surface area contributed by atoms with E-state index < -0.39 is 39.7 Å². The van der Waals surface area contributed by atoms with Crippen LogP contribution in [-0.2, 0) is 21.2 Å². The van der Waals surface area contributed by atoms with Gasteiger partial charge in [-0.25, -0.2) is 13.2 Å². The molecule has 2 amide bonds. The summed E-state index contributed by atoms with van der Waals surface area (Å²) in [5.41, 5.74) is 6.86. The molecule has 0 saturated heterocycles. The molecule has 2 aromatic carbocycles. The third-order valence-electron chi connectivity index (χ3n) is 6.15. The van der Waals surface area contributed by atoms with Gasteiger partial charge in [-0.05, 0) is 41.8 Å². The highest BCUT2D eigenvalue weighted by Gasteiger charge is 2.38. The first-order valence-electron chi connectivity index (χ1n) is 12.4. The normalized spacial score (nSPS) is 11.6. The number of aliphatic carboxylic acids is 1. The smallest absolute Gasteiger partial charge is 0.475 e. The number of sulfone groups is 1. The van der Waals surface area contributed by atoms with Crippen molar-refractivity contribution in [2.45, 2.75) is 42.3 Å². The molecule has 0 spiro atoms. The molecule has 0 saturated carbocycles. The number of hydrogen-bond acceptors (Lipinski definition) is 6. The number of fused-ring (bicyclic) bond motifs is 1. The number of nitrogens with two attached hydrogens (primary N) is 1. The van der Waals surface area contributed by atoms with E-state index in [1.54, 1.807) is 57.4 Å². The molecule has 0 aliphatic rings. The van der Waals surface area contributed by atoms with Crippen LogP contribution < -0.4 is 5.73 Å². The first kappa shape index (κ1) is 33.1. The number of rotatable bonds is 7. The van der Waals surface area contributed by atoms with E-state index >= 15 is 0 Å². The maximum atomic E-state index is 13.6. The zero-order valence-electron chi connectivity index (χ0n) is 22.9. The number of alkyl halides is 3. The van der Waals surface area contributed by atoms with E-state index in [0.717, 1.165) is 10.9 Å². The predicted octanol–water partition coefficient (Wildman–Crippen LogP) is 5.18. The van der Waals surface area contributed by atoms with Crippen molar-refractivity contribution in [3.8, 4) is 0 Å². The lowest BCUT2D eigenvalue weighted by molar-refractivity contribution is -0.192. The van der Waals surface area contributed by atoms with E-state index in [9.17, 15) is 31.2 Å². The van der Waals surface area contributed by atoms with Crippen LogP contribution in [0.5, 0.6) is 0 Å². The fourth-order valence-corrected chi connectivity index (χ4v) is 6.27. The second-order valence-corrected chi connectivity index (χ2v) is 11.8. The lowest BCUT2D eigenvalue weighted by atomic mass is 10.0. The lowest BCUT2D eigenvalue weighted by Crippen LogP contribution is -2.28. The molecule has 2 aromatic heterocycles. The Morgan fingerprint density at radius 1 is 1.05 bits per heavy atom. The van der Waals surface area contributed by atoms with Crippen molar-refractivity contribution < 1.29 is 41.1 Å². The Balaban J connectivity index is 0.000000646. The lowest BCUT2D eigenvalue weighted by Gasteiger charge is -2.20. The first-order valence-corrected chi connectivity index (χ1v) is 14.3. The van der Waals surface area contributed by atoms with E-state index in [0.29, 0.717) is 10.6 Å². The van der Waals surface area contributed by atoms with Crippen LogP contribution in [0.2, 0.25) is 5.02 Å². The molecule has 4 rings (SSSR count). The summed E-state index contributed by atoms with van der Waals surface area (Å²) in [6, 6.07) is 15.0. The molecule has 43 heavy (non-hydrogen) atoms. The van der Waals surface area contributed by atoms with Crippen molar-refractivity contribution in [3.63, 3.8) is 0 Å². The number of carbonyl (C=O) groups excluding carboxylic acids is 2. The number of nitrogens with zero attached hydrogens (tertiary/aromatic N) is 2. The minimum Gasteiger partial charge on any atom is -0.475 e. The highest BCUT2D eigenvalue weighted by Crippen LogP contribution is 2.35. The number of amides is 2. The van der Waals surface area contributed by atoms with Gasteiger partial charge >= 0.3 is 12.1 Å². The van der Waals surface area contributed by atoms with Crippen molar-refractivity contribution >= 4 is 50.1 Å². The summed E-state index contributed by atoms with van der Waals surface area (Å²) in [5, 5.41) is 8.36. The van der Waals surface area contributed by atoms with Gasteiger partial charge in [0.2, 0.25) is 9.84 Å². The van der Waals surface area contributed by atoms with Crippen molar-refractivity contribution in [1.82, 2.24) is 14.9 Å². The molecular formula is C28H26ClF3N4O6S. The zero-order chi connectivity index (χ0) is 32.3.